The fraction of sp³-hybridized carbons (Fsp3) is 0.462. The standard InChI is InChI=1S/C13H17BrN2O2/c1-8-3-4-10(9(14)5-8)16-12(17)13(2)7-18-6-11(13)15/h3-5,11H,6-7,15H2,1-2H3,(H,16,17). The second kappa shape index (κ2) is 4.99. The third kappa shape index (κ3) is 2.43. The van der Waals surface area contributed by atoms with Gasteiger partial charge in [-0.2, -0.15) is 0 Å². The van der Waals surface area contributed by atoms with Gasteiger partial charge >= 0.3 is 0 Å². The molecule has 1 heterocycles. The zero-order valence-corrected chi connectivity index (χ0v) is 12.1. The van der Waals surface area contributed by atoms with Crippen LogP contribution >= 0.6 is 15.9 Å². The molecule has 18 heavy (non-hydrogen) atoms. The Bertz CT molecular complexity index is 478. The summed E-state index contributed by atoms with van der Waals surface area (Å²) in [6.07, 6.45) is 0. The summed E-state index contributed by atoms with van der Waals surface area (Å²) in [6.45, 7) is 4.63. The van der Waals surface area contributed by atoms with Crippen LogP contribution in [0.4, 0.5) is 5.69 Å². The summed E-state index contributed by atoms with van der Waals surface area (Å²) in [5, 5.41) is 2.90. The molecule has 98 valence electrons. The number of ether oxygens (including phenoxy) is 1. The number of nitrogens with two attached hydrogens (primary N) is 1. The molecule has 1 aliphatic heterocycles. The molecule has 1 fully saturated rings. The maximum Gasteiger partial charge on any atom is 0.234 e. The van der Waals surface area contributed by atoms with Crippen LogP contribution < -0.4 is 11.1 Å². The van der Waals surface area contributed by atoms with Crippen molar-refractivity contribution in [2.75, 3.05) is 18.5 Å². The first-order valence-corrected chi connectivity index (χ1v) is 6.64. The summed E-state index contributed by atoms with van der Waals surface area (Å²) in [7, 11) is 0. The second-order valence-electron chi connectivity index (χ2n) is 4.98. The zero-order chi connectivity index (χ0) is 13.3. The van der Waals surface area contributed by atoms with Crippen LogP contribution in [0.5, 0.6) is 0 Å². The molecule has 1 amide bonds. The van der Waals surface area contributed by atoms with Gasteiger partial charge in [-0.25, -0.2) is 0 Å². The third-order valence-corrected chi connectivity index (χ3v) is 4.07. The van der Waals surface area contributed by atoms with Gasteiger partial charge in [0.2, 0.25) is 5.91 Å². The number of nitrogens with one attached hydrogen (secondary N) is 1. The summed E-state index contributed by atoms with van der Waals surface area (Å²) >= 11 is 3.44. The SMILES string of the molecule is Cc1ccc(NC(=O)C2(C)COCC2N)c(Br)c1. The Labute approximate surface area is 115 Å². The lowest BCUT2D eigenvalue weighted by molar-refractivity contribution is -0.125. The molecular weight excluding hydrogens is 296 g/mol. The monoisotopic (exact) mass is 312 g/mol. The molecule has 1 aliphatic rings. The van der Waals surface area contributed by atoms with E-state index < -0.39 is 5.41 Å². The van der Waals surface area contributed by atoms with E-state index in [0.29, 0.717) is 13.2 Å². The van der Waals surface area contributed by atoms with Crippen molar-refractivity contribution in [2.45, 2.75) is 19.9 Å². The van der Waals surface area contributed by atoms with Gasteiger partial charge in [-0.3, -0.25) is 4.79 Å². The first kappa shape index (κ1) is 13.5. The van der Waals surface area contributed by atoms with Crippen molar-refractivity contribution in [3.63, 3.8) is 0 Å². The predicted molar refractivity (Wildman–Crippen MR) is 74.4 cm³/mol. The highest BCUT2D eigenvalue weighted by Gasteiger charge is 2.44. The van der Waals surface area contributed by atoms with Crippen molar-refractivity contribution < 1.29 is 9.53 Å². The van der Waals surface area contributed by atoms with E-state index in [1.54, 1.807) is 0 Å². The minimum Gasteiger partial charge on any atom is -0.379 e. The molecule has 0 saturated carbocycles. The van der Waals surface area contributed by atoms with E-state index in [-0.39, 0.29) is 11.9 Å². The summed E-state index contributed by atoms with van der Waals surface area (Å²) in [6, 6.07) is 5.53. The van der Waals surface area contributed by atoms with E-state index in [1.165, 1.54) is 0 Å². The lowest BCUT2D eigenvalue weighted by Crippen LogP contribution is -2.47. The quantitative estimate of drug-likeness (QED) is 0.878. The molecule has 2 unspecified atom stereocenters. The fourth-order valence-electron chi connectivity index (χ4n) is 1.91. The normalized spacial score (nSPS) is 27.2. The van der Waals surface area contributed by atoms with Crippen LogP contribution in [-0.4, -0.2) is 25.2 Å². The third-order valence-electron chi connectivity index (χ3n) is 3.41. The smallest absolute Gasteiger partial charge is 0.234 e. The number of aryl methyl sites for hydroxylation is 1. The van der Waals surface area contributed by atoms with Crippen LogP contribution in [0, 0.1) is 12.3 Å². The van der Waals surface area contributed by atoms with Gasteiger partial charge in [0.05, 0.1) is 24.3 Å². The van der Waals surface area contributed by atoms with Crippen molar-refractivity contribution in [2.24, 2.45) is 11.1 Å². The molecule has 0 radical (unpaired) electrons. The molecule has 0 bridgehead atoms. The summed E-state index contributed by atoms with van der Waals surface area (Å²) in [5.74, 6) is -0.1000. The maximum absolute atomic E-state index is 12.3. The number of benzene rings is 1. The minimum absolute atomic E-state index is 0.1000. The lowest BCUT2D eigenvalue weighted by Gasteiger charge is -2.25. The van der Waals surface area contributed by atoms with E-state index >= 15 is 0 Å². The van der Waals surface area contributed by atoms with Gasteiger partial charge < -0.3 is 15.8 Å². The van der Waals surface area contributed by atoms with E-state index in [0.717, 1.165) is 15.7 Å². The number of halogens is 1. The van der Waals surface area contributed by atoms with Crippen LogP contribution in [-0.2, 0) is 9.53 Å². The summed E-state index contributed by atoms with van der Waals surface area (Å²) in [4.78, 5) is 12.3. The first-order valence-electron chi connectivity index (χ1n) is 5.84. The molecule has 1 aromatic carbocycles. The van der Waals surface area contributed by atoms with Gasteiger partial charge in [-0.05, 0) is 47.5 Å². The number of carbonyl (C=O) groups is 1. The fourth-order valence-corrected chi connectivity index (χ4v) is 2.50. The number of carbonyl (C=O) groups excluding carboxylic acids is 1. The van der Waals surface area contributed by atoms with Gasteiger partial charge in [0.1, 0.15) is 0 Å². The van der Waals surface area contributed by atoms with Crippen molar-refractivity contribution in [1.29, 1.82) is 0 Å². The molecule has 5 heteroatoms. The van der Waals surface area contributed by atoms with Crippen LogP contribution in [0.15, 0.2) is 22.7 Å². The van der Waals surface area contributed by atoms with Gasteiger partial charge in [0, 0.05) is 10.5 Å². The van der Waals surface area contributed by atoms with Gasteiger partial charge in [-0.1, -0.05) is 6.07 Å². The molecule has 0 aliphatic carbocycles. The van der Waals surface area contributed by atoms with E-state index in [9.17, 15) is 4.79 Å². The number of hydrogen-bond acceptors (Lipinski definition) is 3. The van der Waals surface area contributed by atoms with Crippen molar-refractivity contribution in [3.05, 3.63) is 28.2 Å². The molecule has 1 saturated heterocycles. The van der Waals surface area contributed by atoms with E-state index in [1.807, 2.05) is 32.0 Å². The number of rotatable bonds is 2. The molecular formula is C13H17BrN2O2. The average molecular weight is 313 g/mol. The Balaban J connectivity index is 2.16. The van der Waals surface area contributed by atoms with Crippen LogP contribution in [0.1, 0.15) is 12.5 Å². The molecule has 4 nitrogen and oxygen atoms in total. The van der Waals surface area contributed by atoms with Gasteiger partial charge in [0.25, 0.3) is 0 Å². The number of anilines is 1. The Morgan fingerprint density at radius 1 is 1.61 bits per heavy atom. The zero-order valence-electron chi connectivity index (χ0n) is 10.5. The second-order valence-corrected chi connectivity index (χ2v) is 5.83. The van der Waals surface area contributed by atoms with Gasteiger partial charge in [0.15, 0.2) is 0 Å². The van der Waals surface area contributed by atoms with Crippen molar-refractivity contribution >= 4 is 27.5 Å². The minimum atomic E-state index is -0.662. The average Bonchev–Trinajstić information content (AvgIpc) is 2.64. The molecule has 0 aromatic heterocycles. The Morgan fingerprint density at radius 2 is 2.33 bits per heavy atom. The first-order chi connectivity index (χ1) is 8.43. The lowest BCUT2D eigenvalue weighted by atomic mass is 9.85. The maximum atomic E-state index is 12.3. The van der Waals surface area contributed by atoms with Crippen LogP contribution in [0.2, 0.25) is 0 Å². The summed E-state index contributed by atoms with van der Waals surface area (Å²) < 4.78 is 6.15. The van der Waals surface area contributed by atoms with Crippen molar-refractivity contribution in [1.82, 2.24) is 0 Å². The Hall–Kier alpha value is -0.910. The molecule has 2 atom stereocenters. The van der Waals surface area contributed by atoms with E-state index in [2.05, 4.69) is 21.2 Å². The number of amides is 1. The molecule has 1 aromatic rings. The predicted octanol–water partition coefficient (Wildman–Crippen LogP) is 2.06. The number of hydrogen-bond donors (Lipinski definition) is 2. The molecule has 0 spiro atoms. The molecule has 2 rings (SSSR count). The van der Waals surface area contributed by atoms with Crippen LogP contribution in [0.25, 0.3) is 0 Å². The van der Waals surface area contributed by atoms with Crippen LogP contribution in [0.3, 0.4) is 0 Å². The Kier molecular flexibility index (Phi) is 3.75. The largest absolute Gasteiger partial charge is 0.379 e. The van der Waals surface area contributed by atoms with Crippen molar-refractivity contribution in [3.8, 4) is 0 Å². The summed E-state index contributed by atoms with van der Waals surface area (Å²) in [5.41, 5.74) is 7.16. The topological polar surface area (TPSA) is 64.3 Å². The highest BCUT2D eigenvalue weighted by Crippen LogP contribution is 2.30. The molecule has 3 N–H and O–H groups in total. The van der Waals surface area contributed by atoms with E-state index in [4.69, 9.17) is 10.5 Å². The van der Waals surface area contributed by atoms with Gasteiger partial charge in [-0.15, -0.1) is 0 Å². The highest BCUT2D eigenvalue weighted by molar-refractivity contribution is 9.10. The highest BCUT2D eigenvalue weighted by atomic mass is 79.9. The Morgan fingerprint density at radius 3 is 2.89 bits per heavy atom.